The first kappa shape index (κ1) is 22.8. The summed E-state index contributed by atoms with van der Waals surface area (Å²) in [6, 6.07) is 8.69. The number of aromatic nitrogens is 4. The van der Waals surface area contributed by atoms with Crippen molar-refractivity contribution in [2.24, 2.45) is 7.05 Å². The number of nitrogens with zero attached hydrogens (tertiary/aromatic N) is 4. The minimum absolute atomic E-state index is 0.189. The number of carbonyl (C=O) groups is 1. The van der Waals surface area contributed by atoms with E-state index in [0.29, 0.717) is 39.6 Å². The van der Waals surface area contributed by atoms with Crippen LogP contribution < -0.4 is 21.3 Å². The Morgan fingerprint density at radius 1 is 1.18 bits per heavy atom. The van der Waals surface area contributed by atoms with Gasteiger partial charge in [0, 0.05) is 31.2 Å². The zero-order valence-corrected chi connectivity index (χ0v) is 19.6. The standard InChI is InChI=1S/C24H26N6O4/c1-24(2,3)34-23(32)27-16-9-8-14(13-17(16)33-5)18-19-20(25)26-10-12-30(19)21(28-18)15-7-6-11-29(4)22(15)31/h6-13H,1-5H3,(H2,25,26)(H,27,32). The molecule has 0 fully saturated rings. The highest BCUT2D eigenvalue weighted by molar-refractivity contribution is 5.91. The van der Waals surface area contributed by atoms with Gasteiger partial charge in [-0.05, 0) is 45.0 Å². The van der Waals surface area contributed by atoms with Gasteiger partial charge in [-0.1, -0.05) is 6.07 Å². The molecule has 0 atom stereocenters. The van der Waals surface area contributed by atoms with Gasteiger partial charge in [-0.2, -0.15) is 0 Å². The Morgan fingerprint density at radius 2 is 1.94 bits per heavy atom. The molecule has 176 valence electrons. The molecule has 0 saturated carbocycles. The van der Waals surface area contributed by atoms with Crippen LogP contribution in [0, 0.1) is 0 Å². The number of nitrogen functional groups attached to an aromatic ring is 1. The second kappa shape index (κ2) is 8.54. The zero-order valence-electron chi connectivity index (χ0n) is 19.6. The molecule has 3 aromatic heterocycles. The molecule has 0 bridgehead atoms. The average Bonchev–Trinajstić information content (AvgIpc) is 3.15. The van der Waals surface area contributed by atoms with Crippen LogP contribution >= 0.6 is 0 Å². The number of imidazole rings is 1. The molecule has 0 unspecified atom stereocenters. The van der Waals surface area contributed by atoms with Crippen molar-refractivity contribution in [3.05, 3.63) is 59.3 Å². The third-order valence-electron chi connectivity index (χ3n) is 5.06. The van der Waals surface area contributed by atoms with Crippen molar-refractivity contribution >= 4 is 23.1 Å². The molecular formula is C24H26N6O4. The summed E-state index contributed by atoms with van der Waals surface area (Å²) in [4.78, 5) is 34.0. The summed E-state index contributed by atoms with van der Waals surface area (Å²) in [6.07, 6.45) is 4.35. The van der Waals surface area contributed by atoms with E-state index in [9.17, 15) is 9.59 Å². The molecule has 1 amide bonds. The fraction of sp³-hybridized carbons (Fsp3) is 0.250. The Kier molecular flexibility index (Phi) is 5.74. The molecule has 0 aliphatic carbocycles. The van der Waals surface area contributed by atoms with Gasteiger partial charge < -0.3 is 19.8 Å². The number of fused-ring (bicyclic) bond motifs is 1. The van der Waals surface area contributed by atoms with Gasteiger partial charge in [-0.15, -0.1) is 0 Å². The number of nitrogens with two attached hydrogens (primary N) is 1. The van der Waals surface area contributed by atoms with Crippen LogP contribution in [0.4, 0.5) is 16.3 Å². The molecule has 3 N–H and O–H groups in total. The number of ether oxygens (including phenoxy) is 2. The molecule has 10 heteroatoms. The van der Waals surface area contributed by atoms with Crippen LogP contribution in [-0.2, 0) is 11.8 Å². The lowest BCUT2D eigenvalue weighted by Crippen LogP contribution is -2.27. The van der Waals surface area contributed by atoms with E-state index in [2.05, 4.69) is 10.3 Å². The predicted octanol–water partition coefficient (Wildman–Crippen LogP) is 3.70. The van der Waals surface area contributed by atoms with E-state index in [1.807, 2.05) is 0 Å². The fourth-order valence-electron chi connectivity index (χ4n) is 3.58. The van der Waals surface area contributed by atoms with Crippen LogP contribution in [0.1, 0.15) is 20.8 Å². The highest BCUT2D eigenvalue weighted by Crippen LogP contribution is 2.35. The van der Waals surface area contributed by atoms with Gasteiger partial charge in [0.1, 0.15) is 28.4 Å². The Balaban J connectivity index is 1.84. The number of rotatable bonds is 4. The largest absolute Gasteiger partial charge is 0.495 e. The van der Waals surface area contributed by atoms with Crippen molar-refractivity contribution < 1.29 is 14.3 Å². The minimum Gasteiger partial charge on any atom is -0.495 e. The molecule has 1 aromatic carbocycles. The van der Waals surface area contributed by atoms with Crippen LogP contribution in [0.3, 0.4) is 0 Å². The first-order chi connectivity index (χ1) is 16.1. The van der Waals surface area contributed by atoms with Crippen LogP contribution in [0.15, 0.2) is 53.7 Å². The van der Waals surface area contributed by atoms with E-state index in [1.54, 1.807) is 81.1 Å². The Morgan fingerprint density at radius 3 is 2.65 bits per heavy atom. The molecule has 0 saturated heterocycles. The number of pyridine rings is 1. The van der Waals surface area contributed by atoms with E-state index in [4.69, 9.17) is 20.2 Å². The SMILES string of the molecule is COc1cc(-c2nc(-c3cccn(C)c3=O)n3ccnc(N)c23)ccc1NC(=O)OC(C)(C)C. The van der Waals surface area contributed by atoms with Gasteiger partial charge in [-0.3, -0.25) is 14.5 Å². The maximum Gasteiger partial charge on any atom is 0.412 e. The van der Waals surface area contributed by atoms with Crippen molar-refractivity contribution in [1.82, 2.24) is 18.9 Å². The molecule has 0 radical (unpaired) electrons. The van der Waals surface area contributed by atoms with Crippen molar-refractivity contribution in [2.45, 2.75) is 26.4 Å². The van der Waals surface area contributed by atoms with Gasteiger partial charge in [0.05, 0.1) is 18.4 Å². The molecular weight excluding hydrogens is 436 g/mol. The molecule has 3 heterocycles. The van der Waals surface area contributed by atoms with E-state index < -0.39 is 11.7 Å². The van der Waals surface area contributed by atoms with Gasteiger partial charge in [0.15, 0.2) is 5.82 Å². The summed E-state index contributed by atoms with van der Waals surface area (Å²) >= 11 is 0. The molecule has 4 aromatic rings. The van der Waals surface area contributed by atoms with E-state index in [-0.39, 0.29) is 11.4 Å². The summed E-state index contributed by atoms with van der Waals surface area (Å²) in [5.41, 5.74) is 8.00. The van der Waals surface area contributed by atoms with Gasteiger partial charge in [-0.25, -0.2) is 14.8 Å². The average molecular weight is 463 g/mol. The molecule has 0 spiro atoms. The topological polar surface area (TPSA) is 126 Å². The number of aryl methyl sites for hydroxylation is 1. The number of anilines is 2. The van der Waals surface area contributed by atoms with Crippen LogP contribution in [0.5, 0.6) is 5.75 Å². The van der Waals surface area contributed by atoms with E-state index in [1.165, 1.54) is 11.7 Å². The Hall–Kier alpha value is -4.34. The number of hydrogen-bond acceptors (Lipinski definition) is 7. The third kappa shape index (κ3) is 4.29. The van der Waals surface area contributed by atoms with Crippen LogP contribution in [0.25, 0.3) is 28.2 Å². The van der Waals surface area contributed by atoms with Gasteiger partial charge in [0.25, 0.3) is 5.56 Å². The van der Waals surface area contributed by atoms with Gasteiger partial charge in [0.2, 0.25) is 0 Å². The van der Waals surface area contributed by atoms with E-state index >= 15 is 0 Å². The maximum atomic E-state index is 12.8. The van der Waals surface area contributed by atoms with Crippen LogP contribution in [-0.4, -0.2) is 37.7 Å². The Labute approximate surface area is 196 Å². The lowest BCUT2D eigenvalue weighted by Gasteiger charge is -2.20. The van der Waals surface area contributed by atoms with Crippen LogP contribution in [0.2, 0.25) is 0 Å². The maximum absolute atomic E-state index is 12.8. The highest BCUT2D eigenvalue weighted by Gasteiger charge is 2.21. The third-order valence-corrected chi connectivity index (χ3v) is 5.06. The first-order valence-corrected chi connectivity index (χ1v) is 10.6. The summed E-state index contributed by atoms with van der Waals surface area (Å²) in [6.45, 7) is 5.35. The monoisotopic (exact) mass is 462 g/mol. The molecule has 0 aliphatic rings. The quantitative estimate of drug-likeness (QED) is 0.474. The van der Waals surface area contributed by atoms with Crippen molar-refractivity contribution in [2.75, 3.05) is 18.2 Å². The fourth-order valence-corrected chi connectivity index (χ4v) is 3.58. The molecule has 0 aliphatic heterocycles. The molecule has 34 heavy (non-hydrogen) atoms. The number of amides is 1. The Bertz CT molecular complexity index is 1450. The molecule has 10 nitrogen and oxygen atoms in total. The van der Waals surface area contributed by atoms with Gasteiger partial charge >= 0.3 is 6.09 Å². The number of hydrogen-bond donors (Lipinski definition) is 2. The summed E-state index contributed by atoms with van der Waals surface area (Å²) in [5.74, 6) is 1.11. The second-order valence-electron chi connectivity index (χ2n) is 8.69. The lowest BCUT2D eigenvalue weighted by molar-refractivity contribution is 0.0635. The smallest absolute Gasteiger partial charge is 0.412 e. The van der Waals surface area contributed by atoms with Crippen molar-refractivity contribution in [1.29, 1.82) is 0 Å². The summed E-state index contributed by atoms with van der Waals surface area (Å²) in [5, 5.41) is 2.70. The zero-order chi connectivity index (χ0) is 24.6. The highest BCUT2D eigenvalue weighted by atomic mass is 16.6. The van der Waals surface area contributed by atoms with Crippen molar-refractivity contribution in [3.8, 4) is 28.4 Å². The number of methoxy groups -OCH3 is 1. The normalized spacial score (nSPS) is 11.4. The molecule has 4 rings (SSSR count). The number of nitrogens with one attached hydrogen (secondary N) is 1. The predicted molar refractivity (Wildman–Crippen MR) is 130 cm³/mol. The summed E-state index contributed by atoms with van der Waals surface area (Å²) < 4.78 is 14.1. The number of benzene rings is 1. The van der Waals surface area contributed by atoms with Crippen molar-refractivity contribution in [3.63, 3.8) is 0 Å². The first-order valence-electron chi connectivity index (χ1n) is 10.6. The second-order valence-corrected chi connectivity index (χ2v) is 8.69. The van der Waals surface area contributed by atoms with E-state index in [0.717, 1.165) is 0 Å². The number of carbonyl (C=O) groups excluding carboxylic acids is 1. The summed E-state index contributed by atoms with van der Waals surface area (Å²) in [7, 11) is 3.18. The minimum atomic E-state index is -0.637. The lowest BCUT2D eigenvalue weighted by atomic mass is 10.1.